The molecule has 0 aliphatic carbocycles. The molecule has 98 valence electrons. The van der Waals surface area contributed by atoms with E-state index in [9.17, 15) is 0 Å². The molecule has 0 radical (unpaired) electrons. The van der Waals surface area contributed by atoms with Gasteiger partial charge < -0.3 is 15.8 Å². The highest BCUT2D eigenvalue weighted by molar-refractivity contribution is 5.78. The summed E-state index contributed by atoms with van der Waals surface area (Å²) in [5.74, 6) is 0.494. The van der Waals surface area contributed by atoms with E-state index >= 15 is 0 Å². The Morgan fingerprint density at radius 3 is 2.72 bits per heavy atom. The molecule has 1 aliphatic heterocycles. The van der Waals surface area contributed by atoms with E-state index in [2.05, 4.69) is 24.2 Å². The summed E-state index contributed by atoms with van der Waals surface area (Å²) in [6.45, 7) is 4.75. The fourth-order valence-electron chi connectivity index (χ4n) is 2.24. The zero-order chi connectivity index (χ0) is 13.0. The molecule has 2 rings (SSSR count). The van der Waals surface area contributed by atoms with Gasteiger partial charge >= 0.3 is 0 Å². The molecule has 0 aromatic heterocycles. The highest BCUT2D eigenvalue weighted by Gasteiger charge is 2.29. The van der Waals surface area contributed by atoms with Crippen LogP contribution in [0.4, 0.5) is 0 Å². The lowest BCUT2D eigenvalue weighted by molar-refractivity contribution is 0.0621. The van der Waals surface area contributed by atoms with Gasteiger partial charge in [0.25, 0.3) is 0 Å². The van der Waals surface area contributed by atoms with Crippen molar-refractivity contribution in [2.24, 2.45) is 10.7 Å². The van der Waals surface area contributed by atoms with Gasteiger partial charge in [-0.2, -0.15) is 0 Å². The molecule has 3 atom stereocenters. The second kappa shape index (κ2) is 5.87. The molecule has 0 saturated carbocycles. The van der Waals surface area contributed by atoms with Crippen LogP contribution in [0.25, 0.3) is 0 Å². The first-order valence-corrected chi connectivity index (χ1v) is 6.41. The minimum Gasteiger partial charge on any atom is -0.373 e. The maximum absolute atomic E-state index is 5.89. The molecule has 1 aromatic rings. The van der Waals surface area contributed by atoms with Crippen LogP contribution >= 0.6 is 0 Å². The summed E-state index contributed by atoms with van der Waals surface area (Å²) in [6.07, 6.45) is 1.45. The van der Waals surface area contributed by atoms with E-state index in [0.29, 0.717) is 18.6 Å². The van der Waals surface area contributed by atoms with Gasteiger partial charge in [-0.3, -0.25) is 0 Å². The fraction of sp³-hybridized carbons (Fsp3) is 0.500. The molecular weight excluding hydrogens is 226 g/mol. The number of nitrogens with two attached hydrogens (primary N) is 1. The smallest absolute Gasteiger partial charge is 0.189 e. The topological polar surface area (TPSA) is 59.6 Å². The van der Waals surface area contributed by atoms with Gasteiger partial charge in [0, 0.05) is 0 Å². The second-order valence-corrected chi connectivity index (χ2v) is 4.83. The minimum absolute atomic E-state index is 0.186. The van der Waals surface area contributed by atoms with E-state index in [1.165, 1.54) is 0 Å². The highest BCUT2D eigenvalue weighted by Crippen LogP contribution is 2.19. The lowest BCUT2D eigenvalue weighted by Gasteiger charge is -2.16. The molecule has 4 heteroatoms. The molecule has 0 amide bonds. The predicted octanol–water partition coefficient (Wildman–Crippen LogP) is 1.66. The van der Waals surface area contributed by atoms with Crippen molar-refractivity contribution in [3.05, 3.63) is 35.9 Å². The van der Waals surface area contributed by atoms with E-state index in [4.69, 9.17) is 10.5 Å². The van der Waals surface area contributed by atoms with Gasteiger partial charge in [-0.05, 0) is 25.8 Å². The van der Waals surface area contributed by atoms with Crippen LogP contribution in [-0.4, -0.2) is 24.2 Å². The van der Waals surface area contributed by atoms with Crippen molar-refractivity contribution in [1.82, 2.24) is 5.32 Å². The number of benzene rings is 1. The maximum atomic E-state index is 5.89. The van der Waals surface area contributed by atoms with Gasteiger partial charge in [0.05, 0.1) is 24.8 Å². The number of guanidine groups is 1. The van der Waals surface area contributed by atoms with Crippen LogP contribution in [-0.2, 0) is 11.3 Å². The van der Waals surface area contributed by atoms with Gasteiger partial charge in [0.15, 0.2) is 5.96 Å². The van der Waals surface area contributed by atoms with Gasteiger partial charge in [-0.25, -0.2) is 4.99 Å². The Kier molecular flexibility index (Phi) is 4.20. The van der Waals surface area contributed by atoms with Crippen LogP contribution in [0.1, 0.15) is 25.8 Å². The lowest BCUT2D eigenvalue weighted by atomic mass is 10.1. The molecule has 1 fully saturated rings. The quantitative estimate of drug-likeness (QED) is 0.631. The van der Waals surface area contributed by atoms with Gasteiger partial charge in [-0.15, -0.1) is 0 Å². The molecule has 3 unspecified atom stereocenters. The molecule has 3 N–H and O–H groups in total. The normalized spacial score (nSPS) is 28.3. The number of nitrogens with one attached hydrogen (secondary N) is 1. The third kappa shape index (κ3) is 3.47. The molecule has 1 aromatic carbocycles. The van der Waals surface area contributed by atoms with Crippen molar-refractivity contribution in [2.45, 2.75) is 45.1 Å². The third-order valence-electron chi connectivity index (χ3n) is 3.21. The number of rotatable bonds is 3. The van der Waals surface area contributed by atoms with Crippen molar-refractivity contribution in [3.8, 4) is 0 Å². The monoisotopic (exact) mass is 247 g/mol. The van der Waals surface area contributed by atoms with E-state index in [1.54, 1.807) is 0 Å². The van der Waals surface area contributed by atoms with Crippen LogP contribution in [0.3, 0.4) is 0 Å². The summed E-state index contributed by atoms with van der Waals surface area (Å²) in [5.41, 5.74) is 7.05. The number of hydrogen-bond acceptors (Lipinski definition) is 2. The molecule has 18 heavy (non-hydrogen) atoms. The van der Waals surface area contributed by atoms with Crippen LogP contribution in [0.2, 0.25) is 0 Å². The average molecular weight is 247 g/mol. The Balaban J connectivity index is 1.86. The Morgan fingerprint density at radius 2 is 2.11 bits per heavy atom. The van der Waals surface area contributed by atoms with Gasteiger partial charge in [0.1, 0.15) is 0 Å². The van der Waals surface area contributed by atoms with Crippen molar-refractivity contribution in [2.75, 3.05) is 0 Å². The third-order valence-corrected chi connectivity index (χ3v) is 3.21. The SMILES string of the molecule is CC1CC(NC(N)=NCc2ccccc2)C(C)O1. The Morgan fingerprint density at radius 1 is 1.39 bits per heavy atom. The summed E-state index contributed by atoms with van der Waals surface area (Å²) < 4.78 is 5.66. The van der Waals surface area contributed by atoms with Crippen molar-refractivity contribution < 1.29 is 4.74 Å². The fourth-order valence-corrected chi connectivity index (χ4v) is 2.24. The number of hydrogen-bond donors (Lipinski definition) is 2. The van der Waals surface area contributed by atoms with Crippen LogP contribution < -0.4 is 11.1 Å². The Hall–Kier alpha value is -1.55. The summed E-state index contributed by atoms with van der Waals surface area (Å²) in [7, 11) is 0. The van der Waals surface area contributed by atoms with E-state index in [-0.39, 0.29) is 12.1 Å². The van der Waals surface area contributed by atoms with Crippen LogP contribution in [0, 0.1) is 0 Å². The van der Waals surface area contributed by atoms with Crippen molar-refractivity contribution in [1.29, 1.82) is 0 Å². The average Bonchev–Trinajstić information content (AvgIpc) is 2.67. The molecular formula is C14H21N3O. The minimum atomic E-state index is 0.186. The number of aliphatic imine (C=N–C) groups is 1. The standard InChI is InChI=1S/C14H21N3O/c1-10-8-13(11(2)18-10)17-14(15)16-9-12-6-4-3-5-7-12/h3-7,10-11,13H,8-9H2,1-2H3,(H3,15,16,17). The zero-order valence-corrected chi connectivity index (χ0v) is 11.0. The van der Waals surface area contributed by atoms with E-state index in [0.717, 1.165) is 12.0 Å². The first-order chi connectivity index (χ1) is 8.65. The van der Waals surface area contributed by atoms with Gasteiger partial charge in [0.2, 0.25) is 0 Å². The highest BCUT2D eigenvalue weighted by atomic mass is 16.5. The summed E-state index contributed by atoms with van der Waals surface area (Å²) >= 11 is 0. The van der Waals surface area contributed by atoms with Crippen LogP contribution in [0.15, 0.2) is 35.3 Å². The Labute approximate surface area is 108 Å². The lowest BCUT2D eigenvalue weighted by Crippen LogP contribution is -2.43. The van der Waals surface area contributed by atoms with E-state index < -0.39 is 0 Å². The molecule has 4 nitrogen and oxygen atoms in total. The molecule has 1 aliphatic rings. The second-order valence-electron chi connectivity index (χ2n) is 4.83. The molecule has 1 heterocycles. The number of nitrogens with zero attached hydrogens (tertiary/aromatic N) is 1. The summed E-state index contributed by atoms with van der Waals surface area (Å²) in [5, 5.41) is 3.23. The molecule has 0 spiro atoms. The molecule has 1 saturated heterocycles. The summed E-state index contributed by atoms with van der Waals surface area (Å²) in [6, 6.07) is 10.3. The zero-order valence-electron chi connectivity index (χ0n) is 11.0. The van der Waals surface area contributed by atoms with Crippen molar-refractivity contribution in [3.63, 3.8) is 0 Å². The first-order valence-electron chi connectivity index (χ1n) is 6.41. The van der Waals surface area contributed by atoms with Crippen LogP contribution in [0.5, 0.6) is 0 Å². The summed E-state index contributed by atoms with van der Waals surface area (Å²) in [4.78, 5) is 4.35. The van der Waals surface area contributed by atoms with E-state index in [1.807, 2.05) is 30.3 Å². The first kappa shape index (κ1) is 12.9. The maximum Gasteiger partial charge on any atom is 0.189 e. The predicted molar refractivity (Wildman–Crippen MR) is 73.3 cm³/mol. The van der Waals surface area contributed by atoms with Crippen molar-refractivity contribution >= 4 is 5.96 Å². The largest absolute Gasteiger partial charge is 0.373 e. The number of ether oxygens (including phenoxy) is 1. The Bertz CT molecular complexity index is 405. The molecule has 0 bridgehead atoms. The van der Waals surface area contributed by atoms with Gasteiger partial charge in [-0.1, -0.05) is 30.3 Å².